The molecule has 420 valence electrons. The Morgan fingerprint density at radius 3 is 1.33 bits per heavy atom. The first-order valence-electron chi connectivity index (χ1n) is 28.2. The Morgan fingerprint density at radius 2 is 0.880 bits per heavy atom. The largest absolute Gasteiger partial charge is 0.479 e. The van der Waals surface area contributed by atoms with Gasteiger partial charge in [0.05, 0.1) is 19.4 Å². The van der Waals surface area contributed by atoms with Crippen LogP contribution in [0.5, 0.6) is 0 Å². The molecule has 0 aromatic rings. The van der Waals surface area contributed by atoms with Crippen LogP contribution < -0.4 is 0 Å². The summed E-state index contributed by atoms with van der Waals surface area (Å²) in [5.41, 5.74) is 0. The molecule has 1 rings (SSSR count). The fourth-order valence-electron chi connectivity index (χ4n) is 7.51. The van der Waals surface area contributed by atoms with E-state index in [-0.39, 0.29) is 19.3 Å². The zero-order valence-electron chi connectivity index (χ0n) is 46.0. The number of carboxylic acids is 1. The van der Waals surface area contributed by atoms with Gasteiger partial charge in [0.2, 0.25) is 0 Å². The molecular weight excluding hydrogens is 949 g/mol. The van der Waals surface area contributed by atoms with Crippen molar-refractivity contribution < 1.29 is 58.2 Å². The minimum atomic E-state index is -1.95. The number of carbonyl (C=O) groups is 4. The summed E-state index contributed by atoms with van der Waals surface area (Å²) in [4.78, 5) is 50.9. The summed E-state index contributed by atoms with van der Waals surface area (Å²) >= 11 is 0. The van der Waals surface area contributed by atoms with Gasteiger partial charge in [-0.3, -0.25) is 14.4 Å². The number of carbonyl (C=O) groups excluding carboxylic acids is 3. The lowest BCUT2D eigenvalue weighted by molar-refractivity contribution is -0.301. The Bertz CT molecular complexity index is 1810. The van der Waals surface area contributed by atoms with Gasteiger partial charge >= 0.3 is 23.9 Å². The lowest BCUT2D eigenvalue weighted by atomic mass is 9.98. The number of aliphatic hydroxyl groups is 2. The highest BCUT2D eigenvalue weighted by atomic mass is 16.7. The topological polar surface area (TPSA) is 175 Å². The van der Waals surface area contributed by atoms with Gasteiger partial charge in [-0.1, -0.05) is 206 Å². The average molecular weight is 1050 g/mol. The second-order valence-corrected chi connectivity index (χ2v) is 18.5. The van der Waals surface area contributed by atoms with E-state index in [9.17, 15) is 34.5 Å². The van der Waals surface area contributed by atoms with E-state index in [1.165, 1.54) is 38.5 Å². The van der Waals surface area contributed by atoms with Crippen molar-refractivity contribution in [3.8, 4) is 0 Å². The van der Waals surface area contributed by atoms with Gasteiger partial charge in [-0.2, -0.15) is 0 Å². The lowest BCUT2D eigenvalue weighted by Crippen LogP contribution is -2.61. The fraction of sp³-hybridized carbons (Fsp3) is 0.587. The summed E-state index contributed by atoms with van der Waals surface area (Å²) in [6, 6.07) is 0. The first kappa shape index (κ1) is 67.9. The number of esters is 3. The molecule has 0 spiro atoms. The van der Waals surface area contributed by atoms with Crippen molar-refractivity contribution in [2.75, 3.05) is 13.2 Å². The Kier molecular flexibility index (Phi) is 45.0. The molecule has 6 unspecified atom stereocenters. The van der Waals surface area contributed by atoms with Crippen molar-refractivity contribution in [2.24, 2.45) is 0 Å². The average Bonchev–Trinajstić information content (AvgIpc) is 3.39. The number of hydrogen-bond acceptors (Lipinski definition) is 11. The molecule has 3 N–H and O–H groups in total. The van der Waals surface area contributed by atoms with E-state index in [0.717, 1.165) is 89.9 Å². The van der Waals surface area contributed by atoms with Gasteiger partial charge in [0.1, 0.15) is 18.8 Å². The van der Waals surface area contributed by atoms with Crippen LogP contribution in [0.15, 0.2) is 134 Å². The highest BCUT2D eigenvalue weighted by Gasteiger charge is 2.50. The predicted octanol–water partition coefficient (Wildman–Crippen LogP) is 14.2. The number of allylic oxidation sites excluding steroid dienone is 20. The lowest BCUT2D eigenvalue weighted by Gasteiger charge is -2.40. The monoisotopic (exact) mass is 1040 g/mol. The summed E-state index contributed by atoms with van der Waals surface area (Å²) in [6.45, 7) is 5.59. The second kappa shape index (κ2) is 49.7. The Labute approximate surface area is 451 Å². The van der Waals surface area contributed by atoms with E-state index in [4.69, 9.17) is 23.7 Å². The Balaban J connectivity index is 2.83. The molecule has 0 aliphatic carbocycles. The SMILES string of the molecule is CC/C=C\C/C=C\C/C=C\C/C=C\C/C=C\CC(=O)OCC(COC1OC(C(=O)O)C(O)C(O)C1OC(=O)C/C=C\C/C=C\C/C=C\C/C=C\C/C=C\CC)OC(=O)CCCCCCC/C=C\CCCCCCCC. The number of carboxylic acid groups (broad SMARTS) is 1. The minimum Gasteiger partial charge on any atom is -0.479 e. The molecule has 0 saturated carbocycles. The van der Waals surface area contributed by atoms with Crippen molar-refractivity contribution in [3.63, 3.8) is 0 Å². The smallest absolute Gasteiger partial charge is 0.335 e. The van der Waals surface area contributed by atoms with Crippen LogP contribution in [0.2, 0.25) is 0 Å². The summed E-state index contributed by atoms with van der Waals surface area (Å²) in [6.07, 6.45) is 57.7. The van der Waals surface area contributed by atoms with Gasteiger partial charge in [0.25, 0.3) is 0 Å². The minimum absolute atomic E-state index is 0.0318. The standard InChI is InChI=1S/C63H96O12/c1-4-7-10-13-16-19-22-25-28-31-34-37-40-43-46-49-55(64)71-52-54(73-56(65)50-47-44-41-38-35-32-29-26-23-20-17-14-11-8-5-2)53-72-63-61(59(68)58(67)60(75-63)62(69)70)74-57(66)51-48-45-42-39-36-33-30-27-24-21-18-15-12-9-6-3/h7,9-10,12,16,18-19,21,25-30,34,36-37,39,43,45-46,48,54,58-61,63,67-68H,4-6,8,11,13-15,17,20,22-24,31-33,35,38,40-42,44,47,49-53H2,1-3H3,(H,69,70)/b10-7-,12-9-,19-16-,21-18-,28-25-,29-26-,30-27-,37-34-,39-36-,46-43-,48-45-. The van der Waals surface area contributed by atoms with Gasteiger partial charge in [-0.25, -0.2) is 4.79 Å². The molecule has 0 radical (unpaired) electrons. The predicted molar refractivity (Wildman–Crippen MR) is 303 cm³/mol. The number of hydrogen-bond donors (Lipinski definition) is 3. The van der Waals surface area contributed by atoms with E-state index in [1.54, 1.807) is 18.2 Å². The van der Waals surface area contributed by atoms with Crippen LogP contribution in [0, 0.1) is 0 Å². The first-order valence-corrected chi connectivity index (χ1v) is 28.2. The third kappa shape index (κ3) is 39.9. The molecule has 1 fully saturated rings. The summed E-state index contributed by atoms with van der Waals surface area (Å²) in [5.74, 6) is -3.48. The second-order valence-electron chi connectivity index (χ2n) is 18.5. The number of rotatable bonds is 45. The number of aliphatic carboxylic acids is 1. The summed E-state index contributed by atoms with van der Waals surface area (Å²) in [7, 11) is 0. The van der Waals surface area contributed by atoms with Crippen LogP contribution in [0.1, 0.15) is 188 Å². The van der Waals surface area contributed by atoms with Crippen LogP contribution in [0.4, 0.5) is 0 Å². The first-order chi connectivity index (χ1) is 36.6. The third-order valence-corrected chi connectivity index (χ3v) is 11.8. The van der Waals surface area contributed by atoms with Crippen molar-refractivity contribution in [3.05, 3.63) is 134 Å². The summed E-state index contributed by atoms with van der Waals surface area (Å²) < 4.78 is 28.1. The van der Waals surface area contributed by atoms with Gasteiger partial charge in [0.15, 0.2) is 24.6 Å². The molecule has 1 aliphatic heterocycles. The highest BCUT2D eigenvalue weighted by Crippen LogP contribution is 2.26. The third-order valence-electron chi connectivity index (χ3n) is 11.8. The molecule has 12 heteroatoms. The molecule has 6 atom stereocenters. The van der Waals surface area contributed by atoms with E-state index in [0.29, 0.717) is 19.3 Å². The molecule has 0 amide bonds. The molecule has 0 bridgehead atoms. The van der Waals surface area contributed by atoms with Crippen LogP contribution in [0.25, 0.3) is 0 Å². The van der Waals surface area contributed by atoms with Gasteiger partial charge in [0, 0.05) is 6.42 Å². The van der Waals surface area contributed by atoms with Gasteiger partial charge in [-0.15, -0.1) is 0 Å². The normalized spacial score (nSPS) is 19.2. The fourth-order valence-corrected chi connectivity index (χ4v) is 7.51. The van der Waals surface area contributed by atoms with Crippen LogP contribution >= 0.6 is 0 Å². The highest BCUT2D eigenvalue weighted by molar-refractivity contribution is 5.74. The maximum atomic E-state index is 13.1. The van der Waals surface area contributed by atoms with Crippen LogP contribution in [-0.4, -0.2) is 89.2 Å². The molecule has 1 aliphatic rings. The van der Waals surface area contributed by atoms with Gasteiger partial charge < -0.3 is 39.0 Å². The quantitative estimate of drug-likeness (QED) is 0.0228. The number of ether oxygens (including phenoxy) is 5. The maximum Gasteiger partial charge on any atom is 0.335 e. The molecule has 75 heavy (non-hydrogen) atoms. The van der Waals surface area contributed by atoms with E-state index >= 15 is 0 Å². The van der Waals surface area contributed by atoms with Crippen molar-refractivity contribution in [1.82, 2.24) is 0 Å². The van der Waals surface area contributed by atoms with Crippen molar-refractivity contribution in [1.29, 1.82) is 0 Å². The van der Waals surface area contributed by atoms with Gasteiger partial charge in [-0.05, 0) is 96.3 Å². The number of unbranched alkanes of at least 4 members (excludes halogenated alkanes) is 11. The van der Waals surface area contributed by atoms with E-state index in [2.05, 4.69) is 112 Å². The van der Waals surface area contributed by atoms with Crippen LogP contribution in [0.3, 0.4) is 0 Å². The van der Waals surface area contributed by atoms with E-state index < -0.39 is 73.9 Å². The molecule has 1 heterocycles. The number of aliphatic hydroxyl groups excluding tert-OH is 2. The zero-order chi connectivity index (χ0) is 54.7. The van der Waals surface area contributed by atoms with E-state index in [1.807, 2.05) is 24.3 Å². The maximum absolute atomic E-state index is 13.1. The van der Waals surface area contributed by atoms with Crippen molar-refractivity contribution in [2.45, 2.75) is 225 Å². The molecule has 12 nitrogen and oxygen atoms in total. The molecular formula is C63H96O12. The Hall–Kier alpha value is -5.14. The zero-order valence-corrected chi connectivity index (χ0v) is 46.0. The molecule has 1 saturated heterocycles. The van der Waals surface area contributed by atoms with Crippen molar-refractivity contribution >= 4 is 23.9 Å². The van der Waals surface area contributed by atoms with Crippen LogP contribution in [-0.2, 0) is 42.9 Å². The molecule has 0 aromatic heterocycles. The Morgan fingerprint density at radius 1 is 0.467 bits per heavy atom. The summed E-state index contributed by atoms with van der Waals surface area (Å²) in [5, 5.41) is 31.4. The molecule has 0 aromatic carbocycles.